The molecule has 1 aliphatic heterocycles. The zero-order valence-electron chi connectivity index (χ0n) is 15.8. The van der Waals surface area contributed by atoms with Crippen LogP contribution in [0.25, 0.3) is 16.6 Å². The van der Waals surface area contributed by atoms with Crippen molar-refractivity contribution in [1.29, 1.82) is 0 Å². The SMILES string of the molecule is CC(=O)N1CCC[C@@H](Nc2c(C(N)=O)cnn3cc(-c4ccccc4)cc23)C1. The molecule has 7 heteroatoms. The van der Waals surface area contributed by atoms with E-state index in [-0.39, 0.29) is 11.9 Å². The number of rotatable bonds is 4. The minimum absolute atomic E-state index is 0.0528. The standard InChI is InChI=1S/C21H23N5O2/c1-14(27)25-9-5-8-17(13-25)24-20-18(21(22)28)11-23-26-12-16(10-19(20)26)15-6-3-2-4-7-15/h2-4,6-7,10-12,17,24H,5,8-9,13H2,1H3,(H2,22,28)/t17-/m1/s1. The van der Waals surface area contributed by atoms with Crippen LogP contribution in [0.3, 0.4) is 0 Å². The number of amides is 2. The van der Waals surface area contributed by atoms with E-state index in [9.17, 15) is 9.59 Å². The second kappa shape index (κ2) is 7.34. The highest BCUT2D eigenvalue weighted by molar-refractivity contribution is 6.02. The number of nitrogens with one attached hydrogen (secondary N) is 1. The Morgan fingerprint density at radius 3 is 2.71 bits per heavy atom. The Hall–Kier alpha value is -3.35. The molecule has 3 N–H and O–H groups in total. The summed E-state index contributed by atoms with van der Waals surface area (Å²) in [5.41, 5.74) is 9.49. The fraction of sp³-hybridized carbons (Fsp3) is 0.286. The van der Waals surface area contributed by atoms with E-state index in [1.165, 1.54) is 6.20 Å². The zero-order valence-corrected chi connectivity index (χ0v) is 15.8. The van der Waals surface area contributed by atoms with Crippen molar-refractivity contribution in [1.82, 2.24) is 14.5 Å². The van der Waals surface area contributed by atoms with Crippen LogP contribution in [0.5, 0.6) is 0 Å². The Morgan fingerprint density at radius 2 is 2.00 bits per heavy atom. The molecule has 0 spiro atoms. The lowest BCUT2D eigenvalue weighted by atomic mass is 10.0. The predicted octanol–water partition coefficient (Wildman–Crippen LogP) is 2.52. The van der Waals surface area contributed by atoms with Gasteiger partial charge >= 0.3 is 0 Å². The average Bonchev–Trinajstić information content (AvgIpc) is 3.14. The molecule has 4 rings (SSSR count). The number of fused-ring (bicyclic) bond motifs is 1. The van der Waals surface area contributed by atoms with Crippen LogP contribution in [0.1, 0.15) is 30.1 Å². The van der Waals surface area contributed by atoms with E-state index in [4.69, 9.17) is 5.73 Å². The van der Waals surface area contributed by atoms with Gasteiger partial charge in [0.1, 0.15) is 0 Å². The lowest BCUT2D eigenvalue weighted by molar-refractivity contribution is -0.129. The first-order chi connectivity index (χ1) is 13.5. The number of primary amides is 1. The third-order valence-corrected chi connectivity index (χ3v) is 5.22. The summed E-state index contributed by atoms with van der Waals surface area (Å²) in [7, 11) is 0. The number of nitrogens with zero attached hydrogens (tertiary/aromatic N) is 3. The quantitative estimate of drug-likeness (QED) is 0.731. The van der Waals surface area contributed by atoms with E-state index in [0.717, 1.165) is 36.0 Å². The summed E-state index contributed by atoms with van der Waals surface area (Å²) in [6.45, 7) is 2.96. The van der Waals surface area contributed by atoms with Crippen LogP contribution in [0, 0.1) is 0 Å². The summed E-state index contributed by atoms with van der Waals surface area (Å²) in [6, 6.07) is 12.1. The number of carbonyl (C=O) groups excluding carboxylic acids is 2. The molecule has 0 aliphatic carbocycles. The molecule has 3 heterocycles. The van der Waals surface area contributed by atoms with Crippen molar-refractivity contribution in [3.8, 4) is 11.1 Å². The highest BCUT2D eigenvalue weighted by atomic mass is 16.2. The number of piperidine rings is 1. The summed E-state index contributed by atoms with van der Waals surface area (Å²) >= 11 is 0. The van der Waals surface area contributed by atoms with Gasteiger partial charge < -0.3 is 16.0 Å². The third kappa shape index (κ3) is 3.43. The van der Waals surface area contributed by atoms with Crippen LogP contribution in [0.15, 0.2) is 48.8 Å². The van der Waals surface area contributed by atoms with Crippen LogP contribution in [0.2, 0.25) is 0 Å². The fourth-order valence-corrected chi connectivity index (χ4v) is 3.77. The number of aromatic nitrogens is 2. The van der Waals surface area contributed by atoms with Crippen LogP contribution in [-0.2, 0) is 4.79 Å². The number of hydrogen-bond donors (Lipinski definition) is 2. The molecule has 0 saturated carbocycles. The molecule has 2 aromatic heterocycles. The van der Waals surface area contributed by atoms with Gasteiger partial charge in [-0.1, -0.05) is 30.3 Å². The molecule has 0 radical (unpaired) electrons. The van der Waals surface area contributed by atoms with E-state index in [1.54, 1.807) is 11.4 Å². The van der Waals surface area contributed by atoms with Crippen molar-refractivity contribution < 1.29 is 9.59 Å². The molecule has 1 saturated heterocycles. The van der Waals surface area contributed by atoms with Gasteiger partial charge in [-0.25, -0.2) is 4.52 Å². The van der Waals surface area contributed by atoms with Crippen molar-refractivity contribution in [3.05, 3.63) is 54.4 Å². The molecule has 3 aromatic rings. The van der Waals surface area contributed by atoms with Crippen molar-refractivity contribution in [2.45, 2.75) is 25.8 Å². The molecule has 1 fully saturated rings. The number of anilines is 1. The Bertz CT molecular complexity index is 1030. The normalized spacial score (nSPS) is 16.9. The van der Waals surface area contributed by atoms with Crippen molar-refractivity contribution in [2.75, 3.05) is 18.4 Å². The van der Waals surface area contributed by atoms with Crippen molar-refractivity contribution in [3.63, 3.8) is 0 Å². The number of hydrogen-bond acceptors (Lipinski definition) is 4. The van der Waals surface area contributed by atoms with Crippen LogP contribution >= 0.6 is 0 Å². The van der Waals surface area contributed by atoms with Crippen molar-refractivity contribution in [2.24, 2.45) is 5.73 Å². The minimum Gasteiger partial charge on any atom is -0.378 e. The molecule has 1 atom stereocenters. The summed E-state index contributed by atoms with van der Waals surface area (Å²) in [4.78, 5) is 25.6. The molecule has 28 heavy (non-hydrogen) atoms. The van der Waals surface area contributed by atoms with Gasteiger partial charge in [0.05, 0.1) is 23.0 Å². The Morgan fingerprint density at radius 1 is 1.21 bits per heavy atom. The first kappa shape index (κ1) is 18.0. The molecular formula is C21H23N5O2. The van der Waals surface area contributed by atoms with Crippen LogP contribution in [0.4, 0.5) is 5.69 Å². The maximum Gasteiger partial charge on any atom is 0.252 e. The molecule has 0 unspecified atom stereocenters. The van der Waals surface area contributed by atoms with Gasteiger partial charge in [-0.15, -0.1) is 0 Å². The lowest BCUT2D eigenvalue weighted by Crippen LogP contribution is -2.44. The Labute approximate surface area is 163 Å². The summed E-state index contributed by atoms with van der Waals surface area (Å²) in [6.07, 6.45) is 5.27. The second-order valence-corrected chi connectivity index (χ2v) is 7.17. The Balaban J connectivity index is 1.74. The van der Waals surface area contributed by atoms with E-state index in [0.29, 0.717) is 17.8 Å². The largest absolute Gasteiger partial charge is 0.378 e. The molecule has 7 nitrogen and oxygen atoms in total. The number of carbonyl (C=O) groups is 2. The van der Waals surface area contributed by atoms with E-state index < -0.39 is 5.91 Å². The van der Waals surface area contributed by atoms with Crippen LogP contribution in [-0.4, -0.2) is 45.5 Å². The highest BCUT2D eigenvalue weighted by Crippen LogP contribution is 2.29. The summed E-state index contributed by atoms with van der Waals surface area (Å²) in [5, 5.41) is 7.82. The van der Waals surface area contributed by atoms with E-state index in [2.05, 4.69) is 10.4 Å². The topological polar surface area (TPSA) is 92.7 Å². The first-order valence-corrected chi connectivity index (χ1v) is 9.41. The number of likely N-dealkylation sites (tertiary alicyclic amines) is 1. The second-order valence-electron chi connectivity index (χ2n) is 7.17. The van der Waals surface area contributed by atoms with Crippen LogP contribution < -0.4 is 11.1 Å². The molecule has 2 amide bonds. The fourth-order valence-electron chi connectivity index (χ4n) is 3.77. The summed E-state index contributed by atoms with van der Waals surface area (Å²) in [5.74, 6) is -0.463. The highest BCUT2D eigenvalue weighted by Gasteiger charge is 2.24. The molecule has 1 aliphatic rings. The van der Waals surface area contributed by atoms with Gasteiger partial charge in [0, 0.05) is 37.8 Å². The van der Waals surface area contributed by atoms with Gasteiger partial charge in [-0.05, 0) is 24.5 Å². The van der Waals surface area contributed by atoms with Crippen molar-refractivity contribution >= 4 is 23.0 Å². The zero-order chi connectivity index (χ0) is 19.7. The molecule has 144 valence electrons. The molecule has 0 bridgehead atoms. The van der Waals surface area contributed by atoms with E-state index in [1.807, 2.05) is 47.5 Å². The van der Waals surface area contributed by atoms with E-state index >= 15 is 0 Å². The molecule has 1 aromatic carbocycles. The van der Waals surface area contributed by atoms with Gasteiger partial charge in [0.15, 0.2) is 0 Å². The predicted molar refractivity (Wildman–Crippen MR) is 108 cm³/mol. The maximum absolute atomic E-state index is 12.0. The third-order valence-electron chi connectivity index (χ3n) is 5.22. The monoisotopic (exact) mass is 377 g/mol. The van der Waals surface area contributed by atoms with Gasteiger partial charge in [-0.2, -0.15) is 5.10 Å². The minimum atomic E-state index is -0.529. The smallest absolute Gasteiger partial charge is 0.252 e. The number of benzene rings is 1. The number of nitrogens with two attached hydrogens (primary N) is 1. The summed E-state index contributed by atoms with van der Waals surface area (Å²) < 4.78 is 1.75. The van der Waals surface area contributed by atoms with Gasteiger partial charge in [0.2, 0.25) is 5.91 Å². The first-order valence-electron chi connectivity index (χ1n) is 9.41. The van der Waals surface area contributed by atoms with Gasteiger partial charge in [0.25, 0.3) is 5.91 Å². The lowest BCUT2D eigenvalue weighted by Gasteiger charge is -2.33. The van der Waals surface area contributed by atoms with Gasteiger partial charge in [-0.3, -0.25) is 9.59 Å². The Kier molecular flexibility index (Phi) is 4.73. The molecular weight excluding hydrogens is 354 g/mol. The maximum atomic E-state index is 12.0. The average molecular weight is 377 g/mol.